The number of hydrogen-bond acceptors (Lipinski definition) is 3. The van der Waals surface area contributed by atoms with Gasteiger partial charge in [-0.3, -0.25) is 0 Å². The van der Waals surface area contributed by atoms with E-state index in [4.69, 9.17) is 9.15 Å². The largest absolute Gasteiger partial charge is 0.456 e. The van der Waals surface area contributed by atoms with E-state index in [1.807, 2.05) is 18.2 Å². The van der Waals surface area contributed by atoms with Gasteiger partial charge in [0.15, 0.2) is 0 Å². The quantitative estimate of drug-likeness (QED) is 0.152. The molecule has 13 aromatic rings. The molecule has 12 aromatic carbocycles. The molecule has 2 aliphatic carbocycles. The molecule has 0 saturated carbocycles. The van der Waals surface area contributed by atoms with Crippen molar-refractivity contribution in [1.82, 2.24) is 0 Å². The Morgan fingerprint density at radius 1 is 0.400 bits per heavy atom. The van der Waals surface area contributed by atoms with E-state index in [-0.39, 0.29) is 0 Å². The van der Waals surface area contributed by atoms with Crippen LogP contribution in [-0.4, -0.2) is 0 Å². The molecule has 376 valence electrons. The van der Waals surface area contributed by atoms with Crippen LogP contribution in [0, 0.1) is 0 Å². The number of benzene rings is 12. The molecule has 16 rings (SSSR count). The Hall–Kier alpha value is -10.2. The number of hydrogen-bond donors (Lipinski definition) is 0. The van der Waals surface area contributed by atoms with E-state index in [2.05, 4.69) is 279 Å². The fourth-order valence-electron chi connectivity index (χ4n) is 14.2. The number of ether oxygens (including phenoxy) is 1. The summed E-state index contributed by atoms with van der Waals surface area (Å²) >= 11 is 0. The van der Waals surface area contributed by atoms with Crippen molar-refractivity contribution in [3.63, 3.8) is 0 Å². The number of fused-ring (bicyclic) bond motifs is 15. The summed E-state index contributed by atoms with van der Waals surface area (Å²) in [5, 5.41) is 4.44. The molecular formula is C77H51NO2. The van der Waals surface area contributed by atoms with Gasteiger partial charge in [0.2, 0.25) is 0 Å². The molecule has 1 aromatic heterocycles. The number of anilines is 3. The second-order valence-electron chi connectivity index (χ2n) is 21.5. The van der Waals surface area contributed by atoms with Crippen LogP contribution < -0.4 is 9.64 Å². The van der Waals surface area contributed by atoms with Gasteiger partial charge in [0, 0.05) is 44.2 Å². The Labute approximate surface area is 465 Å². The van der Waals surface area contributed by atoms with Crippen molar-refractivity contribution < 1.29 is 9.15 Å². The molecule has 3 heteroatoms. The fourth-order valence-corrected chi connectivity index (χ4v) is 14.2. The maximum Gasteiger partial charge on any atom is 0.140 e. The molecule has 1 atom stereocenters. The number of para-hydroxylation sites is 1. The van der Waals surface area contributed by atoms with Gasteiger partial charge in [0.25, 0.3) is 0 Å². The first-order valence-electron chi connectivity index (χ1n) is 27.6. The number of rotatable bonds is 8. The lowest BCUT2D eigenvalue weighted by atomic mass is 9.65. The maximum absolute atomic E-state index is 7.38. The van der Waals surface area contributed by atoms with Gasteiger partial charge in [-0.05, 0) is 133 Å². The highest BCUT2D eigenvalue weighted by Gasteiger charge is 2.53. The SMILES string of the molecule is C=Cc1ccccc1C1=C(C)C2(c3ccccc3-c3c(N(c4ccc(-c5ccc6oc7ccccc7c6c5)cc4)c4ccc5c(c4)C(c4ccccc4)(c4ccccc4)c4ccccc4-5)cccc32)c2ccc3ccccc3c2O1. The predicted octanol–water partition coefficient (Wildman–Crippen LogP) is 20.0. The molecule has 1 spiro atoms. The average Bonchev–Trinajstić information content (AvgIpc) is 4.24. The summed E-state index contributed by atoms with van der Waals surface area (Å²) in [6.07, 6.45) is 1.94. The van der Waals surface area contributed by atoms with Gasteiger partial charge < -0.3 is 14.1 Å². The molecule has 1 aliphatic heterocycles. The first-order valence-corrected chi connectivity index (χ1v) is 27.6. The summed E-state index contributed by atoms with van der Waals surface area (Å²) in [5.74, 6) is 1.73. The minimum Gasteiger partial charge on any atom is -0.456 e. The Bertz CT molecular complexity index is 4680. The lowest BCUT2D eigenvalue weighted by molar-refractivity contribution is 0.471. The van der Waals surface area contributed by atoms with Crippen LogP contribution in [0.15, 0.2) is 290 Å². The van der Waals surface area contributed by atoms with Gasteiger partial charge in [-0.25, -0.2) is 0 Å². The highest BCUT2D eigenvalue weighted by molar-refractivity contribution is 6.07. The molecule has 0 N–H and O–H groups in total. The zero-order valence-electron chi connectivity index (χ0n) is 44.0. The molecule has 1 unspecified atom stereocenters. The Kier molecular flexibility index (Phi) is 10.1. The number of nitrogens with zero attached hydrogens (tertiary/aromatic N) is 1. The van der Waals surface area contributed by atoms with Gasteiger partial charge in [-0.2, -0.15) is 0 Å². The zero-order chi connectivity index (χ0) is 53.1. The van der Waals surface area contributed by atoms with Crippen molar-refractivity contribution in [2.24, 2.45) is 0 Å². The van der Waals surface area contributed by atoms with Crippen LogP contribution >= 0.6 is 0 Å². The molecule has 3 nitrogen and oxygen atoms in total. The van der Waals surface area contributed by atoms with Gasteiger partial charge in [-0.15, -0.1) is 0 Å². The first kappa shape index (κ1) is 45.9. The molecule has 80 heavy (non-hydrogen) atoms. The van der Waals surface area contributed by atoms with Crippen LogP contribution in [0.1, 0.15) is 57.0 Å². The number of furan rings is 1. The molecule has 3 aliphatic rings. The molecular weight excluding hydrogens is 971 g/mol. The lowest BCUT2D eigenvalue weighted by Gasteiger charge is -2.41. The van der Waals surface area contributed by atoms with E-state index >= 15 is 0 Å². The van der Waals surface area contributed by atoms with E-state index in [0.717, 1.165) is 94.7 Å². The van der Waals surface area contributed by atoms with Gasteiger partial charge in [0.1, 0.15) is 22.7 Å². The zero-order valence-corrected chi connectivity index (χ0v) is 44.0. The summed E-state index contributed by atoms with van der Waals surface area (Å²) < 4.78 is 13.7. The van der Waals surface area contributed by atoms with Gasteiger partial charge >= 0.3 is 0 Å². The average molecular weight is 1020 g/mol. The van der Waals surface area contributed by atoms with Crippen molar-refractivity contribution in [3.05, 3.63) is 335 Å². The minimum absolute atomic E-state index is 0.597. The Morgan fingerprint density at radius 3 is 1.77 bits per heavy atom. The summed E-state index contributed by atoms with van der Waals surface area (Å²) in [6.45, 7) is 6.58. The topological polar surface area (TPSA) is 25.6 Å². The van der Waals surface area contributed by atoms with Crippen molar-refractivity contribution >= 4 is 61.6 Å². The monoisotopic (exact) mass is 1020 g/mol. The van der Waals surface area contributed by atoms with Crippen molar-refractivity contribution in [3.8, 4) is 39.1 Å². The van der Waals surface area contributed by atoms with Crippen molar-refractivity contribution in [1.29, 1.82) is 0 Å². The highest BCUT2D eigenvalue weighted by atomic mass is 16.5. The molecule has 0 radical (unpaired) electrons. The summed E-state index contributed by atoms with van der Waals surface area (Å²) in [6, 6.07) is 100. The predicted molar refractivity (Wildman–Crippen MR) is 330 cm³/mol. The summed E-state index contributed by atoms with van der Waals surface area (Å²) in [7, 11) is 0. The minimum atomic E-state index is -0.732. The van der Waals surface area contributed by atoms with E-state index < -0.39 is 10.8 Å². The summed E-state index contributed by atoms with van der Waals surface area (Å²) in [5.41, 5.74) is 22.5. The van der Waals surface area contributed by atoms with Gasteiger partial charge in [0.05, 0.1) is 16.5 Å². The standard InChI is InChI=1S/C77H51NO2/c1-3-50-21-10-12-27-58(50)74-49(2)76(68-45-39-52-22-11-13-28-59(52)75(68)80-74)66-33-18-15-31-63(66)73-67(76)34-20-35-70(73)78(56-41-37-51(38-42-56)53-40-46-72-64(47-53)62-30-16-19-36-71(62)79-72)57-43-44-61-60-29-14-17-32-65(60)77(69(61)48-57,54-23-6-4-7-24-54)55-25-8-5-9-26-55/h3-48H,1H2,2H3. The van der Waals surface area contributed by atoms with E-state index in [1.165, 1.54) is 55.6 Å². The molecule has 2 heterocycles. The van der Waals surface area contributed by atoms with Crippen LogP contribution in [0.25, 0.3) is 77.9 Å². The second-order valence-corrected chi connectivity index (χ2v) is 21.5. The third-order valence-corrected chi connectivity index (χ3v) is 17.6. The lowest BCUT2D eigenvalue weighted by Crippen LogP contribution is -2.33. The van der Waals surface area contributed by atoms with Crippen LogP contribution in [0.3, 0.4) is 0 Å². The Morgan fingerprint density at radius 2 is 1.00 bits per heavy atom. The van der Waals surface area contributed by atoms with Crippen molar-refractivity contribution in [2.75, 3.05) is 4.90 Å². The molecule has 0 saturated heterocycles. The smallest absolute Gasteiger partial charge is 0.140 e. The Balaban J connectivity index is 0.973. The third-order valence-electron chi connectivity index (χ3n) is 17.6. The van der Waals surface area contributed by atoms with Crippen LogP contribution in [0.4, 0.5) is 17.1 Å². The first-order chi connectivity index (χ1) is 39.5. The molecule has 0 bridgehead atoms. The van der Waals surface area contributed by atoms with Crippen LogP contribution in [-0.2, 0) is 10.8 Å². The van der Waals surface area contributed by atoms with Gasteiger partial charge in [-0.1, -0.05) is 237 Å². The van der Waals surface area contributed by atoms with Crippen LogP contribution in [0.2, 0.25) is 0 Å². The normalized spacial score (nSPS) is 15.3. The van der Waals surface area contributed by atoms with E-state index in [0.29, 0.717) is 0 Å². The maximum atomic E-state index is 7.38. The molecule has 0 fully saturated rings. The number of allylic oxidation sites excluding steroid dienone is 1. The van der Waals surface area contributed by atoms with E-state index in [9.17, 15) is 0 Å². The molecule has 0 amide bonds. The van der Waals surface area contributed by atoms with Crippen molar-refractivity contribution in [2.45, 2.75) is 17.8 Å². The third kappa shape index (κ3) is 6.37. The van der Waals surface area contributed by atoms with Crippen LogP contribution in [0.5, 0.6) is 5.75 Å². The van der Waals surface area contributed by atoms with E-state index in [1.54, 1.807) is 0 Å². The second kappa shape index (κ2) is 17.7. The fraction of sp³-hybridized carbons (Fsp3) is 0.0390. The highest BCUT2D eigenvalue weighted by Crippen LogP contribution is 2.65. The summed E-state index contributed by atoms with van der Waals surface area (Å²) in [4.78, 5) is 2.52.